The van der Waals surface area contributed by atoms with Gasteiger partial charge in [0.05, 0.1) is 10.9 Å². The van der Waals surface area contributed by atoms with Gasteiger partial charge in [-0.3, -0.25) is 4.90 Å². The van der Waals surface area contributed by atoms with Gasteiger partial charge < -0.3 is 5.11 Å². The van der Waals surface area contributed by atoms with Crippen molar-refractivity contribution in [3.8, 4) is 10.4 Å². The smallest absolute Gasteiger partial charge is 0.356 e. The highest BCUT2D eigenvalue weighted by Crippen LogP contribution is 2.37. The Hall–Kier alpha value is -1.37. The number of rotatable bonds is 3. The van der Waals surface area contributed by atoms with Crippen molar-refractivity contribution in [2.24, 2.45) is 0 Å². The van der Waals surface area contributed by atoms with Crippen LogP contribution in [0.25, 0.3) is 10.4 Å². The van der Waals surface area contributed by atoms with Crippen LogP contribution in [-0.4, -0.2) is 46.1 Å². The van der Waals surface area contributed by atoms with E-state index in [0.29, 0.717) is 0 Å². The normalized spacial score (nSPS) is 19.6. The second-order valence-corrected chi connectivity index (χ2v) is 7.15. The Balaban J connectivity index is 2.02. The Kier molecular flexibility index (Phi) is 4.28. The standard InChI is InChI=1S/C15H16N2O2S2/c1-17-7-8-20-9-11(17)14-16-12(15(18)19)13(21-14)10-5-3-2-4-6-10/h2-6,11H,7-9H2,1H3,(H,18,19). The Morgan fingerprint density at radius 1 is 1.38 bits per heavy atom. The maximum absolute atomic E-state index is 11.5. The lowest BCUT2D eigenvalue weighted by Crippen LogP contribution is -2.32. The molecule has 0 bridgehead atoms. The van der Waals surface area contributed by atoms with E-state index in [4.69, 9.17) is 0 Å². The molecule has 1 aliphatic heterocycles. The number of aromatic nitrogens is 1. The summed E-state index contributed by atoms with van der Waals surface area (Å²) in [6.45, 7) is 1.01. The number of thioether (sulfide) groups is 1. The second-order valence-electron chi connectivity index (χ2n) is 4.97. The van der Waals surface area contributed by atoms with Crippen LogP contribution in [0.2, 0.25) is 0 Å². The minimum absolute atomic E-state index is 0.171. The van der Waals surface area contributed by atoms with Crippen LogP contribution in [0.5, 0.6) is 0 Å². The summed E-state index contributed by atoms with van der Waals surface area (Å²) >= 11 is 3.40. The molecule has 0 amide bonds. The lowest BCUT2D eigenvalue weighted by atomic mass is 10.1. The van der Waals surface area contributed by atoms with E-state index in [1.165, 1.54) is 11.3 Å². The molecule has 0 aliphatic carbocycles. The van der Waals surface area contributed by atoms with E-state index in [1.54, 1.807) is 0 Å². The highest BCUT2D eigenvalue weighted by molar-refractivity contribution is 7.99. The summed E-state index contributed by atoms with van der Waals surface area (Å²) in [5, 5.41) is 10.3. The topological polar surface area (TPSA) is 53.4 Å². The van der Waals surface area contributed by atoms with Gasteiger partial charge in [-0.1, -0.05) is 30.3 Å². The summed E-state index contributed by atoms with van der Waals surface area (Å²) in [7, 11) is 2.08. The number of hydrogen-bond donors (Lipinski definition) is 1. The maximum atomic E-state index is 11.5. The molecule has 110 valence electrons. The fourth-order valence-electron chi connectivity index (χ4n) is 2.36. The van der Waals surface area contributed by atoms with Crippen molar-refractivity contribution < 1.29 is 9.90 Å². The lowest BCUT2D eigenvalue weighted by Gasteiger charge is -2.30. The van der Waals surface area contributed by atoms with Gasteiger partial charge >= 0.3 is 5.97 Å². The van der Waals surface area contributed by atoms with E-state index < -0.39 is 5.97 Å². The molecule has 1 aliphatic rings. The zero-order chi connectivity index (χ0) is 14.8. The molecular formula is C15H16N2O2S2. The predicted molar refractivity (Wildman–Crippen MR) is 87.2 cm³/mol. The number of hydrogen-bond acceptors (Lipinski definition) is 5. The van der Waals surface area contributed by atoms with Gasteiger partial charge in [-0.2, -0.15) is 11.8 Å². The maximum Gasteiger partial charge on any atom is 0.356 e. The summed E-state index contributed by atoms with van der Waals surface area (Å²) in [5.41, 5.74) is 1.09. The Morgan fingerprint density at radius 3 is 2.81 bits per heavy atom. The minimum atomic E-state index is -0.956. The van der Waals surface area contributed by atoms with Gasteiger partial charge in [-0.05, 0) is 12.6 Å². The quantitative estimate of drug-likeness (QED) is 0.941. The summed E-state index contributed by atoms with van der Waals surface area (Å²) in [4.78, 5) is 18.9. The third-order valence-corrected chi connectivity index (χ3v) is 5.79. The van der Waals surface area contributed by atoms with Crippen LogP contribution >= 0.6 is 23.1 Å². The number of carbonyl (C=O) groups is 1. The van der Waals surface area contributed by atoms with Crippen LogP contribution in [0.3, 0.4) is 0 Å². The average Bonchev–Trinajstić information content (AvgIpc) is 2.94. The molecule has 2 heterocycles. The van der Waals surface area contributed by atoms with E-state index >= 15 is 0 Å². The fraction of sp³-hybridized carbons (Fsp3) is 0.333. The first-order valence-corrected chi connectivity index (χ1v) is 8.71. The van der Waals surface area contributed by atoms with Crippen LogP contribution in [0.4, 0.5) is 0 Å². The van der Waals surface area contributed by atoms with E-state index in [9.17, 15) is 9.90 Å². The summed E-state index contributed by atoms with van der Waals surface area (Å²) < 4.78 is 0. The second kappa shape index (κ2) is 6.17. The molecule has 1 aromatic carbocycles. The number of nitrogens with zero attached hydrogens (tertiary/aromatic N) is 2. The zero-order valence-electron chi connectivity index (χ0n) is 11.7. The molecule has 0 saturated carbocycles. The minimum Gasteiger partial charge on any atom is -0.476 e. The first-order valence-electron chi connectivity index (χ1n) is 6.74. The molecular weight excluding hydrogens is 304 g/mol. The number of thiazole rings is 1. The lowest BCUT2D eigenvalue weighted by molar-refractivity contribution is 0.0691. The van der Waals surface area contributed by atoms with Crippen LogP contribution in [0, 0.1) is 0 Å². The van der Waals surface area contributed by atoms with Gasteiger partial charge in [0, 0.05) is 18.1 Å². The van der Waals surface area contributed by atoms with Gasteiger partial charge in [0.25, 0.3) is 0 Å². The fourth-order valence-corrected chi connectivity index (χ4v) is 4.91. The molecule has 1 saturated heterocycles. The van der Waals surface area contributed by atoms with E-state index in [1.807, 2.05) is 42.1 Å². The van der Waals surface area contributed by atoms with Crippen LogP contribution in [0.1, 0.15) is 21.5 Å². The Labute approximate surface area is 131 Å². The Bertz CT molecular complexity index is 642. The number of benzene rings is 1. The van der Waals surface area contributed by atoms with Crippen molar-refractivity contribution in [3.05, 3.63) is 41.0 Å². The molecule has 1 unspecified atom stereocenters. The molecule has 2 aromatic rings. The third-order valence-electron chi connectivity index (χ3n) is 3.56. The molecule has 1 fully saturated rings. The van der Waals surface area contributed by atoms with Crippen molar-refractivity contribution >= 4 is 29.1 Å². The van der Waals surface area contributed by atoms with Crippen LogP contribution in [-0.2, 0) is 0 Å². The van der Waals surface area contributed by atoms with E-state index in [2.05, 4.69) is 16.9 Å². The van der Waals surface area contributed by atoms with Crippen molar-refractivity contribution in [1.82, 2.24) is 9.88 Å². The first-order chi connectivity index (χ1) is 10.2. The molecule has 6 heteroatoms. The summed E-state index contributed by atoms with van der Waals surface area (Å²) in [6.07, 6.45) is 0. The molecule has 1 N–H and O–H groups in total. The average molecular weight is 320 g/mol. The number of carboxylic acids is 1. The highest BCUT2D eigenvalue weighted by atomic mass is 32.2. The van der Waals surface area contributed by atoms with Crippen LogP contribution in [0.15, 0.2) is 30.3 Å². The number of carboxylic acid groups (broad SMARTS) is 1. The predicted octanol–water partition coefficient (Wildman–Crippen LogP) is 3.23. The first kappa shape index (κ1) is 14.6. The molecule has 0 radical (unpaired) electrons. The SMILES string of the molecule is CN1CCSCC1c1nc(C(=O)O)c(-c2ccccc2)s1. The van der Waals surface area contributed by atoms with Crippen molar-refractivity contribution in [2.75, 3.05) is 25.1 Å². The molecule has 1 aromatic heterocycles. The summed E-state index contributed by atoms with van der Waals surface area (Å²) in [5.74, 6) is 1.13. The summed E-state index contributed by atoms with van der Waals surface area (Å²) in [6, 6.07) is 9.85. The molecule has 1 atom stereocenters. The van der Waals surface area contributed by atoms with Gasteiger partial charge in [0.2, 0.25) is 0 Å². The molecule has 21 heavy (non-hydrogen) atoms. The van der Waals surface area contributed by atoms with Crippen molar-refractivity contribution in [3.63, 3.8) is 0 Å². The third kappa shape index (κ3) is 2.97. The highest BCUT2D eigenvalue weighted by Gasteiger charge is 2.27. The van der Waals surface area contributed by atoms with Gasteiger partial charge in [-0.15, -0.1) is 11.3 Å². The van der Waals surface area contributed by atoms with Crippen LogP contribution < -0.4 is 0 Å². The monoisotopic (exact) mass is 320 g/mol. The van der Waals surface area contributed by atoms with Crippen molar-refractivity contribution in [1.29, 1.82) is 0 Å². The van der Waals surface area contributed by atoms with Gasteiger partial charge in [0.15, 0.2) is 5.69 Å². The largest absolute Gasteiger partial charge is 0.476 e. The van der Waals surface area contributed by atoms with E-state index in [-0.39, 0.29) is 11.7 Å². The molecule has 4 nitrogen and oxygen atoms in total. The zero-order valence-corrected chi connectivity index (χ0v) is 13.3. The van der Waals surface area contributed by atoms with Gasteiger partial charge in [0.1, 0.15) is 5.01 Å². The molecule has 0 spiro atoms. The van der Waals surface area contributed by atoms with E-state index in [0.717, 1.165) is 33.5 Å². The molecule has 3 rings (SSSR count). The van der Waals surface area contributed by atoms with Crippen molar-refractivity contribution in [2.45, 2.75) is 6.04 Å². The Morgan fingerprint density at radius 2 is 2.14 bits per heavy atom. The van der Waals surface area contributed by atoms with Gasteiger partial charge in [-0.25, -0.2) is 9.78 Å². The number of aromatic carboxylic acids is 1.